The summed E-state index contributed by atoms with van der Waals surface area (Å²) in [5, 5.41) is 17.6. The van der Waals surface area contributed by atoms with Crippen LogP contribution in [0.25, 0.3) is 0 Å². The van der Waals surface area contributed by atoms with Crippen molar-refractivity contribution in [3.05, 3.63) is 23.8 Å². The molecule has 10 heteroatoms. The fourth-order valence-electron chi connectivity index (χ4n) is 5.14. The third-order valence-electron chi connectivity index (χ3n) is 7.81. The topological polar surface area (TPSA) is 115 Å². The van der Waals surface area contributed by atoms with Crippen LogP contribution in [-0.2, 0) is 16.0 Å². The maximum Gasteiger partial charge on any atom is 0.223 e. The first-order chi connectivity index (χ1) is 18.2. The second kappa shape index (κ2) is 20.6. The molecule has 1 amide bonds. The molecule has 1 heterocycles. The van der Waals surface area contributed by atoms with E-state index >= 15 is 0 Å². The van der Waals surface area contributed by atoms with Gasteiger partial charge in [0, 0.05) is 38.1 Å². The van der Waals surface area contributed by atoms with Gasteiger partial charge in [-0.3, -0.25) is 4.79 Å². The van der Waals surface area contributed by atoms with E-state index in [1.807, 2.05) is 26.0 Å². The van der Waals surface area contributed by atoms with Gasteiger partial charge in [-0.2, -0.15) is 0 Å². The lowest BCUT2D eigenvalue weighted by Gasteiger charge is -2.31. The molecule has 2 rings (SSSR count). The molecule has 0 spiro atoms. The molecule has 4 atom stereocenters. The minimum absolute atomic E-state index is 0. The first-order valence-electron chi connectivity index (χ1n) is 14.4. The van der Waals surface area contributed by atoms with E-state index in [4.69, 9.17) is 19.9 Å². The number of hydrogen-bond donors (Lipinski definition) is 4. The highest BCUT2D eigenvalue weighted by atomic mass is 35.5. The Labute approximate surface area is 254 Å². The van der Waals surface area contributed by atoms with E-state index in [0.29, 0.717) is 37.7 Å². The molecule has 40 heavy (non-hydrogen) atoms. The van der Waals surface area contributed by atoms with Gasteiger partial charge in [0.2, 0.25) is 5.91 Å². The molecule has 0 radical (unpaired) electrons. The van der Waals surface area contributed by atoms with E-state index in [1.165, 1.54) is 0 Å². The van der Waals surface area contributed by atoms with Gasteiger partial charge in [0.05, 0.1) is 19.8 Å². The smallest absolute Gasteiger partial charge is 0.223 e. The normalized spacial score (nSPS) is 16.9. The molecule has 1 fully saturated rings. The predicted octanol–water partition coefficient (Wildman–Crippen LogP) is 4.38. The lowest BCUT2D eigenvalue weighted by atomic mass is 9.80. The molecule has 0 aliphatic carbocycles. The van der Waals surface area contributed by atoms with Crippen LogP contribution >= 0.6 is 24.8 Å². The molecular formula is C30H55Cl2N3O5. The number of aliphatic hydroxyl groups excluding tert-OH is 1. The number of carbonyl (C=O) groups is 1. The number of nitrogens with two attached hydrogens (primary N) is 1. The molecule has 1 aliphatic rings. The Hall–Kier alpha value is -1.29. The summed E-state index contributed by atoms with van der Waals surface area (Å²) >= 11 is 0. The Morgan fingerprint density at radius 3 is 2.30 bits per heavy atom. The maximum atomic E-state index is 13.1. The van der Waals surface area contributed by atoms with Crippen molar-refractivity contribution in [1.82, 2.24) is 10.6 Å². The van der Waals surface area contributed by atoms with Gasteiger partial charge in [-0.15, -0.1) is 24.8 Å². The molecule has 0 saturated carbocycles. The van der Waals surface area contributed by atoms with Gasteiger partial charge in [-0.05, 0) is 80.6 Å². The van der Waals surface area contributed by atoms with Gasteiger partial charge in [-0.1, -0.05) is 33.8 Å². The number of rotatable bonds is 17. The minimum Gasteiger partial charge on any atom is -0.493 e. The zero-order valence-corrected chi connectivity index (χ0v) is 27.0. The number of nitrogens with one attached hydrogen (secondary N) is 2. The zero-order chi connectivity index (χ0) is 28.1. The number of piperidine rings is 1. The molecule has 0 aromatic heterocycles. The fraction of sp³-hybridized carbons (Fsp3) is 0.767. The van der Waals surface area contributed by atoms with Crippen LogP contribution in [0.5, 0.6) is 11.5 Å². The van der Waals surface area contributed by atoms with Crippen LogP contribution in [0.4, 0.5) is 0 Å². The average molecular weight is 609 g/mol. The summed E-state index contributed by atoms with van der Waals surface area (Å²) in [6, 6.07) is 5.86. The molecule has 1 saturated heterocycles. The number of aliphatic hydroxyl groups is 1. The van der Waals surface area contributed by atoms with Crippen LogP contribution in [0, 0.1) is 23.7 Å². The lowest BCUT2D eigenvalue weighted by molar-refractivity contribution is -0.128. The van der Waals surface area contributed by atoms with E-state index < -0.39 is 12.1 Å². The standard InChI is InChI=1S/C30H53N3O5.2ClH/c1-20(2)23(16-22-8-9-28(37-6)29(17-22)38-15-7-14-36-5)18-26(31)27(34)19-25(21(3)4)30(35)33-24-10-12-32-13-11-24;;/h8-9,17,20-21,23-27,32,34H,7,10-16,18-19,31H2,1-6H3,(H,33,35);2*1H. The maximum absolute atomic E-state index is 13.1. The summed E-state index contributed by atoms with van der Waals surface area (Å²) in [4.78, 5) is 13.1. The summed E-state index contributed by atoms with van der Waals surface area (Å²) in [6.07, 6.45) is 3.83. The SMILES string of the molecule is COCCCOc1cc(CC(CC(N)C(O)CC(C(=O)NC2CCNCC2)C(C)C)C(C)C)ccc1OC.Cl.Cl. The van der Waals surface area contributed by atoms with Gasteiger partial charge >= 0.3 is 0 Å². The zero-order valence-electron chi connectivity index (χ0n) is 25.3. The summed E-state index contributed by atoms with van der Waals surface area (Å²) in [5.74, 6) is 1.99. The lowest BCUT2D eigenvalue weighted by Crippen LogP contribution is -2.47. The highest BCUT2D eigenvalue weighted by Gasteiger charge is 2.31. The van der Waals surface area contributed by atoms with E-state index in [1.54, 1.807) is 14.2 Å². The largest absolute Gasteiger partial charge is 0.493 e. The highest BCUT2D eigenvalue weighted by Crippen LogP contribution is 2.32. The van der Waals surface area contributed by atoms with Crippen LogP contribution in [0.15, 0.2) is 18.2 Å². The molecule has 1 aromatic rings. The van der Waals surface area contributed by atoms with Crippen LogP contribution in [0.3, 0.4) is 0 Å². The van der Waals surface area contributed by atoms with Crippen molar-refractivity contribution in [1.29, 1.82) is 0 Å². The minimum atomic E-state index is -0.738. The van der Waals surface area contributed by atoms with Crippen molar-refractivity contribution < 1.29 is 24.1 Å². The quantitative estimate of drug-likeness (QED) is 0.194. The molecule has 0 bridgehead atoms. The van der Waals surface area contributed by atoms with E-state index in [2.05, 4.69) is 30.5 Å². The number of amides is 1. The second-order valence-electron chi connectivity index (χ2n) is 11.5. The Morgan fingerprint density at radius 1 is 1.05 bits per heavy atom. The van der Waals surface area contributed by atoms with E-state index in [9.17, 15) is 9.90 Å². The summed E-state index contributed by atoms with van der Waals surface area (Å²) in [5.41, 5.74) is 7.71. The highest BCUT2D eigenvalue weighted by molar-refractivity contribution is 5.85. The van der Waals surface area contributed by atoms with Gasteiger partial charge in [-0.25, -0.2) is 0 Å². The Bertz CT molecular complexity index is 825. The Morgan fingerprint density at radius 2 is 1.73 bits per heavy atom. The second-order valence-corrected chi connectivity index (χ2v) is 11.5. The van der Waals surface area contributed by atoms with Crippen LogP contribution in [0.2, 0.25) is 0 Å². The van der Waals surface area contributed by atoms with Crippen LogP contribution in [-0.4, -0.2) is 69.7 Å². The van der Waals surface area contributed by atoms with E-state index in [-0.39, 0.29) is 54.5 Å². The molecule has 4 unspecified atom stereocenters. The molecule has 1 aliphatic heterocycles. The first-order valence-corrected chi connectivity index (χ1v) is 14.4. The Balaban J connectivity index is 0.00000760. The van der Waals surface area contributed by atoms with Crippen LogP contribution < -0.4 is 25.8 Å². The number of carbonyl (C=O) groups excluding carboxylic acids is 1. The van der Waals surface area contributed by atoms with Gasteiger partial charge in [0.25, 0.3) is 0 Å². The third-order valence-corrected chi connectivity index (χ3v) is 7.81. The van der Waals surface area contributed by atoms with Crippen LogP contribution in [0.1, 0.15) is 65.4 Å². The van der Waals surface area contributed by atoms with Crippen molar-refractivity contribution in [3.8, 4) is 11.5 Å². The molecule has 234 valence electrons. The third kappa shape index (κ3) is 13.1. The molecule has 5 N–H and O–H groups in total. The number of benzene rings is 1. The molecule has 1 aromatic carbocycles. The number of methoxy groups -OCH3 is 2. The fourth-order valence-corrected chi connectivity index (χ4v) is 5.14. The van der Waals surface area contributed by atoms with Crippen molar-refractivity contribution in [3.63, 3.8) is 0 Å². The summed E-state index contributed by atoms with van der Waals surface area (Å²) in [7, 11) is 3.33. The Kier molecular flexibility index (Phi) is 19.9. The van der Waals surface area contributed by atoms with Crippen molar-refractivity contribution >= 4 is 30.7 Å². The van der Waals surface area contributed by atoms with Crippen molar-refractivity contribution in [2.45, 2.75) is 84.4 Å². The molecular weight excluding hydrogens is 553 g/mol. The first kappa shape index (κ1) is 38.7. The number of ether oxygens (including phenoxy) is 3. The summed E-state index contributed by atoms with van der Waals surface area (Å²) in [6.45, 7) is 11.5. The van der Waals surface area contributed by atoms with Gasteiger partial charge in [0.15, 0.2) is 11.5 Å². The van der Waals surface area contributed by atoms with E-state index in [0.717, 1.165) is 50.1 Å². The predicted molar refractivity (Wildman–Crippen MR) is 167 cm³/mol. The van der Waals surface area contributed by atoms with Gasteiger partial charge in [0.1, 0.15) is 0 Å². The van der Waals surface area contributed by atoms with Crippen molar-refractivity contribution in [2.24, 2.45) is 29.4 Å². The van der Waals surface area contributed by atoms with Crippen molar-refractivity contribution in [2.75, 3.05) is 40.5 Å². The van der Waals surface area contributed by atoms with Gasteiger partial charge < -0.3 is 35.7 Å². The monoisotopic (exact) mass is 607 g/mol. The number of hydrogen-bond acceptors (Lipinski definition) is 7. The number of halogens is 2. The summed E-state index contributed by atoms with van der Waals surface area (Å²) < 4.78 is 16.6. The average Bonchev–Trinajstić information content (AvgIpc) is 2.89. The molecule has 8 nitrogen and oxygen atoms in total.